The Labute approximate surface area is 155 Å². The number of benzene rings is 1. The normalized spacial score (nSPS) is 18.1. The Bertz CT molecular complexity index is 1070. The smallest absolute Gasteiger partial charge is 0.253 e. The Kier molecular flexibility index (Phi) is 4.11. The maximum absolute atomic E-state index is 14.3. The minimum atomic E-state index is -0.918. The monoisotopic (exact) mass is 363 g/mol. The van der Waals surface area contributed by atoms with E-state index >= 15 is 0 Å². The molecule has 3 aromatic rings. The number of carbonyl (C=O) groups is 1. The fraction of sp³-hybridized carbons (Fsp3) is 0.190. The topological polar surface area (TPSA) is 74.8 Å². The fourth-order valence-electron chi connectivity index (χ4n) is 3.62. The van der Waals surface area contributed by atoms with Gasteiger partial charge in [-0.25, -0.2) is 4.39 Å². The van der Waals surface area contributed by atoms with Crippen LogP contribution in [0.1, 0.15) is 39.2 Å². The van der Waals surface area contributed by atoms with Crippen LogP contribution in [-0.4, -0.2) is 15.9 Å². The molecule has 0 radical (unpaired) electrons. The molecule has 0 saturated heterocycles. The molecule has 0 bridgehead atoms. The van der Waals surface area contributed by atoms with E-state index in [9.17, 15) is 14.0 Å². The average molecular weight is 363 g/mol. The molecule has 1 aliphatic rings. The van der Waals surface area contributed by atoms with Crippen molar-refractivity contribution in [3.63, 3.8) is 0 Å². The summed E-state index contributed by atoms with van der Waals surface area (Å²) in [5.41, 5.74) is 2.08. The van der Waals surface area contributed by atoms with Gasteiger partial charge in [0.2, 0.25) is 5.56 Å². The number of aromatic nitrogens is 2. The van der Waals surface area contributed by atoms with Crippen molar-refractivity contribution in [1.82, 2.24) is 15.3 Å². The quantitative estimate of drug-likeness (QED) is 0.751. The molecule has 1 atom stereocenters. The van der Waals surface area contributed by atoms with Gasteiger partial charge >= 0.3 is 0 Å². The van der Waals surface area contributed by atoms with E-state index in [1.165, 1.54) is 24.4 Å². The van der Waals surface area contributed by atoms with Crippen LogP contribution in [0.2, 0.25) is 0 Å². The maximum Gasteiger partial charge on any atom is 0.253 e. The van der Waals surface area contributed by atoms with Gasteiger partial charge in [-0.3, -0.25) is 14.6 Å². The summed E-state index contributed by atoms with van der Waals surface area (Å²) in [5, 5.41) is 3.06. The lowest BCUT2D eigenvalue weighted by molar-refractivity contribution is 0.0911. The summed E-state index contributed by atoms with van der Waals surface area (Å²) in [5.74, 6) is -0.680. The third-order valence-corrected chi connectivity index (χ3v) is 5.10. The van der Waals surface area contributed by atoms with Crippen molar-refractivity contribution in [3.05, 3.63) is 99.0 Å². The average Bonchev–Trinajstić information content (AvgIpc) is 3.04. The molecule has 2 N–H and O–H groups in total. The first-order valence-corrected chi connectivity index (χ1v) is 8.72. The second kappa shape index (κ2) is 6.46. The van der Waals surface area contributed by atoms with Crippen molar-refractivity contribution >= 4 is 5.91 Å². The van der Waals surface area contributed by atoms with Gasteiger partial charge in [0.1, 0.15) is 11.4 Å². The summed E-state index contributed by atoms with van der Waals surface area (Å²) < 4.78 is 14.3. The summed E-state index contributed by atoms with van der Waals surface area (Å²) >= 11 is 0. The predicted octanol–water partition coefficient (Wildman–Crippen LogP) is 2.84. The number of H-pyrrole nitrogens is 1. The van der Waals surface area contributed by atoms with E-state index in [-0.39, 0.29) is 17.3 Å². The lowest BCUT2D eigenvalue weighted by Crippen LogP contribution is -2.46. The zero-order chi connectivity index (χ0) is 19.0. The van der Waals surface area contributed by atoms with Crippen molar-refractivity contribution in [3.8, 4) is 0 Å². The maximum atomic E-state index is 14.3. The van der Waals surface area contributed by atoms with Crippen LogP contribution in [0.5, 0.6) is 0 Å². The molecule has 0 saturated carbocycles. The van der Waals surface area contributed by atoms with Gasteiger partial charge in [0.15, 0.2) is 0 Å². The van der Waals surface area contributed by atoms with E-state index in [2.05, 4.69) is 15.3 Å². The van der Waals surface area contributed by atoms with Crippen LogP contribution in [0.3, 0.4) is 0 Å². The van der Waals surface area contributed by atoms with Crippen molar-refractivity contribution in [2.75, 3.05) is 0 Å². The standard InChI is InChI=1S/C21H18FN3O2/c1-13-4-6-16(11-17(13)22)21(9-8-14-3-2-10-23-19(14)21)25-20(27)15-5-7-18(26)24-12-15/h2-7,10-12H,8-9H2,1H3,(H,24,26)(H,25,27)/t21-/m0/s1. The molecule has 1 aromatic carbocycles. The Hall–Kier alpha value is -3.28. The highest BCUT2D eigenvalue weighted by molar-refractivity contribution is 5.94. The summed E-state index contributed by atoms with van der Waals surface area (Å²) in [6.07, 6.45) is 4.35. The molecule has 2 heterocycles. The highest BCUT2D eigenvalue weighted by Crippen LogP contribution is 2.41. The Morgan fingerprint density at radius 1 is 1.26 bits per heavy atom. The van der Waals surface area contributed by atoms with Crippen molar-refractivity contribution in [1.29, 1.82) is 0 Å². The van der Waals surface area contributed by atoms with Gasteiger partial charge in [0.25, 0.3) is 5.91 Å². The summed E-state index contributed by atoms with van der Waals surface area (Å²) in [6, 6.07) is 11.6. The summed E-state index contributed by atoms with van der Waals surface area (Å²) in [6.45, 7) is 1.70. The van der Waals surface area contributed by atoms with Gasteiger partial charge in [0.05, 0.1) is 11.3 Å². The van der Waals surface area contributed by atoms with Crippen LogP contribution in [0.4, 0.5) is 4.39 Å². The number of aryl methyl sites for hydroxylation is 2. The van der Waals surface area contributed by atoms with E-state index in [0.717, 1.165) is 17.7 Å². The minimum Gasteiger partial charge on any atom is -0.337 e. The molecule has 0 aliphatic heterocycles. The number of hydrogen-bond acceptors (Lipinski definition) is 3. The van der Waals surface area contributed by atoms with Crippen molar-refractivity contribution < 1.29 is 9.18 Å². The number of carbonyl (C=O) groups excluding carboxylic acids is 1. The molecule has 4 rings (SSSR count). The van der Waals surface area contributed by atoms with Gasteiger partial charge in [-0.1, -0.05) is 18.2 Å². The highest BCUT2D eigenvalue weighted by atomic mass is 19.1. The van der Waals surface area contributed by atoms with Gasteiger partial charge < -0.3 is 10.3 Å². The van der Waals surface area contributed by atoms with Crippen LogP contribution in [0.15, 0.2) is 59.7 Å². The first-order valence-electron chi connectivity index (χ1n) is 8.72. The summed E-state index contributed by atoms with van der Waals surface area (Å²) in [4.78, 5) is 31.2. The van der Waals surface area contributed by atoms with Crippen LogP contribution in [0.25, 0.3) is 0 Å². The lowest BCUT2D eigenvalue weighted by Gasteiger charge is -2.31. The second-order valence-electron chi connectivity index (χ2n) is 6.78. The number of aromatic amines is 1. The van der Waals surface area contributed by atoms with E-state index in [0.29, 0.717) is 23.1 Å². The Balaban J connectivity index is 1.82. The number of amides is 1. The molecular formula is C21H18FN3O2. The predicted molar refractivity (Wildman–Crippen MR) is 99.0 cm³/mol. The lowest BCUT2D eigenvalue weighted by atomic mass is 9.86. The van der Waals surface area contributed by atoms with Crippen LogP contribution in [-0.2, 0) is 12.0 Å². The molecule has 2 aromatic heterocycles. The Morgan fingerprint density at radius 3 is 2.85 bits per heavy atom. The molecule has 5 nitrogen and oxygen atoms in total. The summed E-state index contributed by atoms with van der Waals surface area (Å²) in [7, 11) is 0. The number of halogens is 1. The first kappa shape index (κ1) is 17.1. The first-order chi connectivity index (χ1) is 13.0. The van der Waals surface area contributed by atoms with E-state index in [1.54, 1.807) is 19.2 Å². The van der Waals surface area contributed by atoms with Crippen LogP contribution >= 0.6 is 0 Å². The van der Waals surface area contributed by atoms with Gasteiger partial charge in [0, 0.05) is 18.5 Å². The van der Waals surface area contributed by atoms with Gasteiger partial charge in [-0.05, 0) is 54.7 Å². The third-order valence-electron chi connectivity index (χ3n) is 5.10. The number of hydrogen-bond donors (Lipinski definition) is 2. The molecule has 1 aliphatic carbocycles. The highest BCUT2D eigenvalue weighted by Gasteiger charge is 2.43. The zero-order valence-electron chi connectivity index (χ0n) is 14.8. The van der Waals surface area contributed by atoms with Gasteiger partial charge in [-0.2, -0.15) is 0 Å². The third kappa shape index (κ3) is 2.93. The molecule has 27 heavy (non-hydrogen) atoms. The van der Waals surface area contributed by atoms with E-state index in [4.69, 9.17) is 0 Å². The minimum absolute atomic E-state index is 0.283. The number of fused-ring (bicyclic) bond motifs is 1. The van der Waals surface area contributed by atoms with Crippen LogP contribution in [0, 0.1) is 12.7 Å². The van der Waals surface area contributed by atoms with E-state index in [1.807, 2.05) is 18.2 Å². The number of pyridine rings is 2. The molecule has 0 fully saturated rings. The molecule has 1 amide bonds. The molecule has 0 unspecified atom stereocenters. The van der Waals surface area contributed by atoms with Crippen molar-refractivity contribution in [2.45, 2.75) is 25.3 Å². The largest absolute Gasteiger partial charge is 0.337 e. The molecule has 0 spiro atoms. The number of nitrogens with zero attached hydrogens (tertiary/aromatic N) is 1. The Morgan fingerprint density at radius 2 is 2.11 bits per heavy atom. The second-order valence-corrected chi connectivity index (χ2v) is 6.78. The number of rotatable bonds is 3. The molecule has 136 valence electrons. The molecule has 6 heteroatoms. The molecular weight excluding hydrogens is 345 g/mol. The SMILES string of the molecule is Cc1ccc([C@@]2(NC(=O)c3ccc(=O)[nH]c3)CCc3cccnc32)cc1F. The van der Waals surface area contributed by atoms with Crippen LogP contribution < -0.4 is 10.9 Å². The van der Waals surface area contributed by atoms with Gasteiger partial charge in [-0.15, -0.1) is 0 Å². The number of nitrogens with one attached hydrogen (secondary N) is 2. The zero-order valence-corrected chi connectivity index (χ0v) is 14.8. The van der Waals surface area contributed by atoms with E-state index < -0.39 is 5.54 Å². The van der Waals surface area contributed by atoms with Crippen molar-refractivity contribution in [2.24, 2.45) is 0 Å². The fourth-order valence-corrected chi connectivity index (χ4v) is 3.62.